The third-order valence-electron chi connectivity index (χ3n) is 4.27. The second kappa shape index (κ2) is 11.5. The number of aromatic nitrogens is 2. The molecule has 10 heteroatoms. The molecule has 0 aliphatic carbocycles. The smallest absolute Gasteiger partial charge is 0.343 e. The minimum Gasteiger partial charge on any atom is -0.482 e. The summed E-state index contributed by atoms with van der Waals surface area (Å²) in [6.07, 6.45) is 5.73. The summed E-state index contributed by atoms with van der Waals surface area (Å²) >= 11 is 0. The highest BCUT2D eigenvalue weighted by atomic mass is 35.5. The Morgan fingerprint density at radius 2 is 1.89 bits per heavy atom. The van der Waals surface area contributed by atoms with Gasteiger partial charge in [0, 0.05) is 17.8 Å². The van der Waals surface area contributed by atoms with Gasteiger partial charge in [-0.05, 0) is 50.2 Å². The number of imidazole rings is 1. The second-order valence-corrected chi connectivity index (χ2v) is 6.03. The van der Waals surface area contributed by atoms with E-state index in [9.17, 15) is 9.59 Å². The Hall–Kier alpha value is -2.29. The van der Waals surface area contributed by atoms with E-state index in [0.717, 1.165) is 25.9 Å². The number of hydrogen-bond donors (Lipinski definition) is 2. The molecule has 0 spiro atoms. The van der Waals surface area contributed by atoms with Crippen LogP contribution in [0.3, 0.4) is 0 Å². The molecule has 1 amide bonds. The third kappa shape index (κ3) is 6.40. The van der Waals surface area contributed by atoms with Crippen molar-refractivity contribution in [1.82, 2.24) is 14.9 Å². The number of piperidine rings is 1. The molecule has 0 bridgehead atoms. The van der Waals surface area contributed by atoms with Crippen LogP contribution in [-0.2, 0) is 9.53 Å². The van der Waals surface area contributed by atoms with E-state index < -0.39 is 5.97 Å². The molecule has 1 fully saturated rings. The average Bonchev–Trinajstić information content (AvgIpc) is 3.15. The zero-order valence-electron chi connectivity index (χ0n) is 15.4. The maximum atomic E-state index is 12.3. The molecule has 1 aliphatic rings. The van der Waals surface area contributed by atoms with Gasteiger partial charge in [0.25, 0.3) is 5.91 Å². The summed E-state index contributed by atoms with van der Waals surface area (Å²) in [4.78, 5) is 27.7. The van der Waals surface area contributed by atoms with E-state index in [4.69, 9.17) is 4.74 Å². The number of carbonyl (C=O) groups is 2. The molecule has 28 heavy (non-hydrogen) atoms. The molecule has 8 nitrogen and oxygen atoms in total. The van der Waals surface area contributed by atoms with Crippen molar-refractivity contribution in [2.24, 2.45) is 0 Å². The molecule has 1 aliphatic heterocycles. The van der Waals surface area contributed by atoms with E-state index >= 15 is 0 Å². The molecule has 0 atom stereocenters. The Balaban J connectivity index is 0.00000196. The first-order chi connectivity index (χ1) is 12.7. The lowest BCUT2D eigenvalue weighted by atomic mass is 10.1. The molecular formula is C18H24Cl2N4O4. The number of benzene rings is 1. The standard InChI is InChI=1S/C18H22N4O4.2ClH/c1-25-17(23)11-26-15-4-2-13(3-5-15)18(24)21-16-10-22(12-20-16)14-6-8-19-9-7-14;;/h2-5,10,12,14,19H,6-9,11H2,1H3,(H,21,24);2*1H. The van der Waals surface area contributed by atoms with Crippen LogP contribution in [0.1, 0.15) is 29.2 Å². The van der Waals surface area contributed by atoms with Crippen molar-refractivity contribution in [2.45, 2.75) is 18.9 Å². The van der Waals surface area contributed by atoms with Crippen LogP contribution in [0.15, 0.2) is 36.8 Å². The number of nitrogens with one attached hydrogen (secondary N) is 2. The van der Waals surface area contributed by atoms with Gasteiger partial charge in [0.1, 0.15) is 5.75 Å². The predicted octanol–water partition coefficient (Wildman–Crippen LogP) is 2.46. The topological polar surface area (TPSA) is 94.5 Å². The zero-order valence-corrected chi connectivity index (χ0v) is 17.1. The van der Waals surface area contributed by atoms with E-state index in [-0.39, 0.29) is 37.3 Å². The molecule has 3 rings (SSSR count). The number of halogens is 2. The number of methoxy groups -OCH3 is 1. The first kappa shape index (κ1) is 23.7. The van der Waals surface area contributed by atoms with Crippen molar-refractivity contribution in [2.75, 3.05) is 32.1 Å². The van der Waals surface area contributed by atoms with E-state index in [2.05, 4.69) is 24.9 Å². The Labute approximate surface area is 175 Å². The van der Waals surface area contributed by atoms with E-state index in [1.807, 2.05) is 6.20 Å². The van der Waals surface area contributed by atoms with Crippen molar-refractivity contribution >= 4 is 42.5 Å². The average molecular weight is 431 g/mol. The second-order valence-electron chi connectivity index (χ2n) is 6.03. The lowest BCUT2D eigenvalue weighted by molar-refractivity contribution is -0.142. The van der Waals surface area contributed by atoms with Crippen LogP contribution in [0, 0.1) is 0 Å². The summed E-state index contributed by atoms with van der Waals surface area (Å²) in [6.45, 7) is 1.82. The summed E-state index contributed by atoms with van der Waals surface area (Å²) in [7, 11) is 1.30. The molecule has 2 heterocycles. The maximum absolute atomic E-state index is 12.3. The maximum Gasteiger partial charge on any atom is 0.343 e. The Bertz CT molecular complexity index is 761. The normalized spacial score (nSPS) is 13.6. The number of anilines is 1. The van der Waals surface area contributed by atoms with Crippen molar-refractivity contribution in [1.29, 1.82) is 0 Å². The fourth-order valence-corrected chi connectivity index (χ4v) is 2.80. The van der Waals surface area contributed by atoms with Crippen LogP contribution in [0.2, 0.25) is 0 Å². The van der Waals surface area contributed by atoms with Gasteiger partial charge in [-0.25, -0.2) is 9.78 Å². The van der Waals surface area contributed by atoms with Crippen molar-refractivity contribution in [3.63, 3.8) is 0 Å². The molecule has 2 N–H and O–H groups in total. The molecule has 1 saturated heterocycles. The number of ether oxygens (including phenoxy) is 2. The van der Waals surface area contributed by atoms with E-state index in [0.29, 0.717) is 23.2 Å². The van der Waals surface area contributed by atoms with Gasteiger partial charge in [-0.2, -0.15) is 0 Å². The summed E-state index contributed by atoms with van der Waals surface area (Å²) in [5.74, 6) is 0.304. The van der Waals surface area contributed by atoms with Gasteiger partial charge < -0.3 is 24.7 Å². The Morgan fingerprint density at radius 3 is 2.54 bits per heavy atom. The van der Waals surface area contributed by atoms with Crippen LogP contribution in [0.4, 0.5) is 5.82 Å². The largest absolute Gasteiger partial charge is 0.482 e. The van der Waals surface area contributed by atoms with Gasteiger partial charge in [0.05, 0.1) is 13.4 Å². The van der Waals surface area contributed by atoms with Crippen LogP contribution >= 0.6 is 24.8 Å². The highest BCUT2D eigenvalue weighted by Gasteiger charge is 2.16. The number of rotatable bonds is 6. The van der Waals surface area contributed by atoms with Gasteiger partial charge in [0.2, 0.25) is 0 Å². The number of hydrogen-bond acceptors (Lipinski definition) is 6. The van der Waals surface area contributed by atoms with E-state index in [1.165, 1.54) is 7.11 Å². The minimum absolute atomic E-state index is 0. The van der Waals surface area contributed by atoms with Crippen molar-refractivity contribution < 1.29 is 19.1 Å². The molecule has 154 valence electrons. The molecule has 2 aromatic rings. The minimum atomic E-state index is -0.462. The lowest BCUT2D eigenvalue weighted by Gasteiger charge is -2.23. The van der Waals surface area contributed by atoms with Crippen LogP contribution < -0.4 is 15.4 Å². The van der Waals surface area contributed by atoms with E-state index in [1.54, 1.807) is 30.6 Å². The quantitative estimate of drug-likeness (QED) is 0.683. The SMILES string of the molecule is COC(=O)COc1ccc(C(=O)Nc2cn(C3CCNCC3)cn2)cc1.Cl.Cl. The summed E-state index contributed by atoms with van der Waals surface area (Å²) in [5, 5.41) is 6.12. The fourth-order valence-electron chi connectivity index (χ4n) is 2.80. The fraction of sp³-hybridized carbons (Fsp3) is 0.389. The first-order valence-electron chi connectivity index (χ1n) is 8.51. The van der Waals surface area contributed by atoms with Gasteiger partial charge in [-0.1, -0.05) is 0 Å². The molecular weight excluding hydrogens is 407 g/mol. The number of carbonyl (C=O) groups excluding carboxylic acids is 2. The number of amides is 1. The monoisotopic (exact) mass is 430 g/mol. The van der Waals surface area contributed by atoms with Crippen LogP contribution in [-0.4, -0.2) is 48.2 Å². The van der Waals surface area contributed by atoms with Crippen molar-refractivity contribution in [3.8, 4) is 5.75 Å². The molecule has 0 saturated carbocycles. The summed E-state index contributed by atoms with van der Waals surface area (Å²) < 4.78 is 11.8. The van der Waals surface area contributed by atoms with Gasteiger partial charge >= 0.3 is 5.97 Å². The molecule has 1 aromatic heterocycles. The number of esters is 1. The van der Waals surface area contributed by atoms with Crippen LogP contribution in [0.25, 0.3) is 0 Å². The Kier molecular flexibility index (Phi) is 9.78. The molecule has 1 aromatic carbocycles. The predicted molar refractivity (Wildman–Crippen MR) is 110 cm³/mol. The number of nitrogens with zero attached hydrogens (tertiary/aromatic N) is 2. The summed E-state index contributed by atoms with van der Waals surface area (Å²) in [6, 6.07) is 6.94. The van der Waals surface area contributed by atoms with Gasteiger partial charge in [0.15, 0.2) is 12.4 Å². The highest BCUT2D eigenvalue weighted by Crippen LogP contribution is 2.20. The molecule has 0 radical (unpaired) electrons. The van der Waals surface area contributed by atoms with Gasteiger partial charge in [-0.3, -0.25) is 4.79 Å². The third-order valence-corrected chi connectivity index (χ3v) is 4.27. The zero-order chi connectivity index (χ0) is 18.4. The van der Waals surface area contributed by atoms with Gasteiger partial charge in [-0.15, -0.1) is 24.8 Å². The summed E-state index contributed by atoms with van der Waals surface area (Å²) in [5.41, 5.74) is 0.479. The lowest BCUT2D eigenvalue weighted by Crippen LogP contribution is -2.28. The Morgan fingerprint density at radius 1 is 1.21 bits per heavy atom. The van der Waals surface area contributed by atoms with Crippen LogP contribution in [0.5, 0.6) is 5.75 Å². The van der Waals surface area contributed by atoms with Crippen molar-refractivity contribution in [3.05, 3.63) is 42.4 Å². The highest BCUT2D eigenvalue weighted by molar-refractivity contribution is 6.03. The molecule has 0 unspecified atom stereocenters. The first-order valence-corrected chi connectivity index (χ1v) is 8.51.